The number of fused-ring (bicyclic) bond motifs is 9. The highest BCUT2D eigenvalue weighted by molar-refractivity contribution is 7.59. The third kappa shape index (κ3) is 5.47. The van der Waals surface area contributed by atoms with E-state index >= 15 is 0 Å². The van der Waals surface area contributed by atoms with E-state index < -0.39 is 0 Å². The zero-order valence-electron chi connectivity index (χ0n) is 35.0. The summed E-state index contributed by atoms with van der Waals surface area (Å²) < 4.78 is 0. The van der Waals surface area contributed by atoms with E-state index in [1.165, 1.54) is 121 Å². The van der Waals surface area contributed by atoms with Gasteiger partial charge in [-0.15, -0.1) is 0 Å². The highest BCUT2D eigenvalue weighted by Crippen LogP contribution is 2.54. The van der Waals surface area contributed by atoms with Gasteiger partial charge in [-0.3, -0.25) is 0 Å². The first kappa shape index (κ1) is 37.3. The van der Waals surface area contributed by atoms with Gasteiger partial charge in [0.2, 0.25) is 0 Å². The molecule has 2 aliphatic carbocycles. The van der Waals surface area contributed by atoms with Gasteiger partial charge in [0.05, 0.1) is 0 Å². The van der Waals surface area contributed by atoms with Crippen LogP contribution in [0.5, 0.6) is 0 Å². The molecule has 0 spiro atoms. The highest BCUT2D eigenvalue weighted by atomic mass is 32.1. The largest absolute Gasteiger partial charge is 0.197 e. The van der Waals surface area contributed by atoms with Crippen LogP contribution < -0.4 is 0 Å². The van der Waals surface area contributed by atoms with E-state index in [1.807, 2.05) is 0 Å². The molecule has 0 atom stereocenters. The van der Waals surface area contributed by atoms with Gasteiger partial charge < -0.3 is 0 Å². The Bertz CT molecular complexity index is 3380. The summed E-state index contributed by atoms with van der Waals surface area (Å²) in [5.41, 5.74) is 21.0. The molecular formula is C60H46S. The molecule has 0 aromatic heterocycles. The van der Waals surface area contributed by atoms with E-state index in [1.54, 1.807) is 0 Å². The Morgan fingerprint density at radius 1 is 0.262 bits per heavy atom. The van der Waals surface area contributed by atoms with E-state index in [9.17, 15) is 0 Å². The number of rotatable bonds is 4. The number of hydrogen-bond acceptors (Lipinski definition) is 0. The van der Waals surface area contributed by atoms with Crippen molar-refractivity contribution in [1.82, 2.24) is 0 Å². The van der Waals surface area contributed by atoms with Gasteiger partial charge in [-0.05, 0) is 146 Å². The molecule has 1 heteroatoms. The maximum atomic E-state index is 2.50. The van der Waals surface area contributed by atoms with Crippen molar-refractivity contribution in [2.24, 2.45) is 0 Å². The minimum atomic E-state index is -0.173. The van der Waals surface area contributed by atoms with Crippen LogP contribution in [0.4, 0.5) is 0 Å². The summed E-state index contributed by atoms with van der Waals surface area (Å²) in [6.45, 7) is 9.56. The van der Waals surface area contributed by atoms with Gasteiger partial charge in [-0.2, -0.15) is 13.5 Å². The Labute approximate surface area is 365 Å². The van der Waals surface area contributed by atoms with Gasteiger partial charge >= 0.3 is 0 Å². The van der Waals surface area contributed by atoms with E-state index in [4.69, 9.17) is 0 Å². The molecule has 292 valence electrons. The molecule has 0 fully saturated rings. The van der Waals surface area contributed by atoms with Crippen molar-refractivity contribution in [1.29, 1.82) is 0 Å². The lowest BCUT2D eigenvalue weighted by Crippen LogP contribution is -2.15. The maximum absolute atomic E-state index is 2.50. The van der Waals surface area contributed by atoms with Crippen LogP contribution in [0.3, 0.4) is 0 Å². The van der Waals surface area contributed by atoms with Crippen LogP contribution in [0, 0.1) is 0 Å². The minimum absolute atomic E-state index is 0. The van der Waals surface area contributed by atoms with Crippen LogP contribution in [0.2, 0.25) is 0 Å². The molecule has 10 aromatic rings. The monoisotopic (exact) mass is 798 g/mol. The van der Waals surface area contributed by atoms with Crippen LogP contribution in [0.25, 0.3) is 99.1 Å². The molecule has 2 aliphatic rings. The smallest absolute Gasteiger partial charge is 0.0159 e. The molecule has 0 amide bonds. The molecule has 0 bridgehead atoms. The van der Waals surface area contributed by atoms with Crippen molar-refractivity contribution >= 4 is 45.8 Å². The molecule has 12 rings (SSSR count). The fourth-order valence-electron chi connectivity index (χ4n) is 11.0. The molecule has 0 aliphatic heterocycles. The molecular weight excluding hydrogens is 753 g/mol. The molecule has 0 radical (unpaired) electrons. The molecule has 61 heavy (non-hydrogen) atoms. The molecule has 0 nitrogen and oxygen atoms in total. The first-order chi connectivity index (χ1) is 29.3. The Balaban J connectivity index is 0.00000420. The van der Waals surface area contributed by atoms with Gasteiger partial charge in [-0.25, -0.2) is 0 Å². The number of benzene rings is 10. The van der Waals surface area contributed by atoms with Crippen LogP contribution in [-0.4, -0.2) is 0 Å². The summed E-state index contributed by atoms with van der Waals surface area (Å²) in [7, 11) is 0. The molecule has 0 saturated heterocycles. The third-order valence-corrected chi connectivity index (χ3v) is 14.1. The second-order valence-electron chi connectivity index (χ2n) is 18.0. The van der Waals surface area contributed by atoms with Crippen molar-refractivity contribution in [2.45, 2.75) is 38.5 Å². The molecule has 0 saturated carbocycles. The lowest BCUT2D eigenvalue weighted by Gasteiger charge is -2.24. The average molecular weight is 799 g/mol. The third-order valence-electron chi connectivity index (χ3n) is 14.1. The quantitative estimate of drug-likeness (QED) is 0.156. The fourth-order valence-corrected chi connectivity index (χ4v) is 11.0. The van der Waals surface area contributed by atoms with Crippen molar-refractivity contribution < 1.29 is 0 Å². The second-order valence-corrected chi connectivity index (χ2v) is 18.0. The zero-order chi connectivity index (χ0) is 40.3. The lowest BCUT2D eigenvalue weighted by molar-refractivity contribution is 0.659. The first-order valence-electron chi connectivity index (χ1n) is 21.3. The van der Waals surface area contributed by atoms with Crippen LogP contribution in [-0.2, 0) is 10.8 Å². The van der Waals surface area contributed by atoms with Crippen molar-refractivity contribution in [3.8, 4) is 66.8 Å². The van der Waals surface area contributed by atoms with Gasteiger partial charge in [0.15, 0.2) is 0 Å². The summed E-state index contributed by atoms with van der Waals surface area (Å²) >= 11 is 0. The Kier molecular flexibility index (Phi) is 8.37. The fraction of sp³-hybridized carbons (Fsp3) is 0.100. The Morgan fingerprint density at radius 2 is 0.656 bits per heavy atom. The predicted molar refractivity (Wildman–Crippen MR) is 266 cm³/mol. The van der Waals surface area contributed by atoms with Crippen LogP contribution in [0.1, 0.15) is 49.9 Å². The Morgan fingerprint density at radius 3 is 1.25 bits per heavy atom. The zero-order valence-corrected chi connectivity index (χ0v) is 36.0. The van der Waals surface area contributed by atoms with E-state index in [-0.39, 0.29) is 24.3 Å². The van der Waals surface area contributed by atoms with Crippen molar-refractivity contribution in [2.75, 3.05) is 0 Å². The molecule has 0 N–H and O–H groups in total. The summed E-state index contributed by atoms with van der Waals surface area (Å²) in [5, 5.41) is 7.61. The summed E-state index contributed by atoms with van der Waals surface area (Å²) in [4.78, 5) is 0. The standard InChI is InChI=1S/C60H44.H2S/c1-59(2)53-24-14-13-18-44(53)45-30-27-39(34-54(45)59)40-28-31-46-47-32-29-42(36-56(47)60(3,4)55(46)35-40)57-49-20-9-11-22-51(49)58(52-23-12-10-21-50(52)57)48-19-8-7-17-43(48)41-26-25-37-15-5-6-16-38(37)33-41;/h5-36H,1-4H3;1H2. The van der Waals surface area contributed by atoms with E-state index in [0.29, 0.717) is 0 Å². The highest BCUT2D eigenvalue weighted by Gasteiger charge is 2.38. The van der Waals surface area contributed by atoms with E-state index in [0.717, 1.165) is 0 Å². The summed E-state index contributed by atoms with van der Waals surface area (Å²) in [6.07, 6.45) is 0. The Hall–Kier alpha value is -6.67. The van der Waals surface area contributed by atoms with Crippen molar-refractivity contribution in [3.63, 3.8) is 0 Å². The molecule has 0 heterocycles. The maximum Gasteiger partial charge on any atom is 0.0159 e. The van der Waals surface area contributed by atoms with Gasteiger partial charge in [0.1, 0.15) is 0 Å². The average Bonchev–Trinajstić information content (AvgIpc) is 3.66. The van der Waals surface area contributed by atoms with Gasteiger partial charge in [0, 0.05) is 10.8 Å². The number of hydrogen-bond donors (Lipinski definition) is 0. The molecule has 0 unspecified atom stereocenters. The summed E-state index contributed by atoms with van der Waals surface area (Å²) in [5.74, 6) is 0. The first-order valence-corrected chi connectivity index (χ1v) is 21.3. The molecule has 10 aromatic carbocycles. The van der Waals surface area contributed by atoms with Crippen molar-refractivity contribution in [3.05, 3.63) is 216 Å². The second kappa shape index (κ2) is 13.7. The summed E-state index contributed by atoms with van der Waals surface area (Å²) in [6, 6.07) is 73.0. The van der Waals surface area contributed by atoms with Crippen LogP contribution in [0.15, 0.2) is 194 Å². The predicted octanol–water partition coefficient (Wildman–Crippen LogP) is 16.5. The van der Waals surface area contributed by atoms with E-state index in [2.05, 4.69) is 222 Å². The minimum Gasteiger partial charge on any atom is -0.197 e. The van der Waals surface area contributed by atoms with Gasteiger partial charge in [-0.1, -0.05) is 198 Å². The van der Waals surface area contributed by atoms with Gasteiger partial charge in [0.25, 0.3) is 0 Å². The SMILES string of the molecule is CC1(C)c2ccccc2-c2ccc(-c3ccc4c(c3)C(C)(C)c3cc(-c5c6ccccc6c(-c6ccccc6-c6ccc7ccccc7c6)c6ccccc56)ccc3-4)cc21.S. The normalized spacial score (nSPS) is 14.0. The lowest BCUT2D eigenvalue weighted by atomic mass is 9.79. The van der Waals surface area contributed by atoms with Crippen LogP contribution >= 0.6 is 13.5 Å². The topological polar surface area (TPSA) is 0 Å².